The first-order valence-corrected chi connectivity index (χ1v) is 8.79. The van der Waals surface area contributed by atoms with Crippen LogP contribution in [0.5, 0.6) is 0 Å². The molecular formula is C18H20N4OS. The average Bonchev–Trinajstić information content (AvgIpc) is 3.08. The summed E-state index contributed by atoms with van der Waals surface area (Å²) >= 11 is 1.52. The smallest absolute Gasteiger partial charge is 0.265 e. The number of hydrogen-bond acceptors (Lipinski definition) is 4. The lowest BCUT2D eigenvalue weighted by atomic mass is 9.88. The van der Waals surface area contributed by atoms with E-state index in [0.29, 0.717) is 0 Å². The molecule has 4 rings (SSSR count). The van der Waals surface area contributed by atoms with Gasteiger partial charge < -0.3 is 10.6 Å². The molecule has 0 saturated carbocycles. The minimum atomic E-state index is -0.272. The first kappa shape index (κ1) is 15.2. The molecule has 1 amide bonds. The van der Waals surface area contributed by atoms with Crippen molar-refractivity contribution in [1.82, 2.24) is 15.1 Å². The maximum Gasteiger partial charge on any atom is 0.265 e. The molecule has 0 spiro atoms. The van der Waals surface area contributed by atoms with Crippen LogP contribution in [0, 0.1) is 0 Å². The van der Waals surface area contributed by atoms with E-state index in [9.17, 15) is 4.79 Å². The zero-order chi connectivity index (χ0) is 17.1. The van der Waals surface area contributed by atoms with Gasteiger partial charge in [-0.25, -0.2) is 0 Å². The van der Waals surface area contributed by atoms with E-state index in [4.69, 9.17) is 0 Å². The molecule has 3 heterocycles. The zero-order valence-electron chi connectivity index (χ0n) is 14.2. The van der Waals surface area contributed by atoms with Gasteiger partial charge in [0.15, 0.2) is 0 Å². The van der Waals surface area contributed by atoms with Crippen LogP contribution >= 0.6 is 11.3 Å². The number of nitrogens with one attached hydrogen (secondary N) is 2. The van der Waals surface area contributed by atoms with Crippen molar-refractivity contribution in [3.63, 3.8) is 0 Å². The van der Waals surface area contributed by atoms with Crippen molar-refractivity contribution in [3.05, 3.63) is 46.6 Å². The van der Waals surface area contributed by atoms with Crippen LogP contribution in [0.25, 0.3) is 10.1 Å². The predicted molar refractivity (Wildman–Crippen MR) is 97.6 cm³/mol. The van der Waals surface area contributed by atoms with E-state index in [1.807, 2.05) is 36.1 Å². The number of benzene rings is 1. The second-order valence-electron chi connectivity index (χ2n) is 7.21. The Kier molecular flexibility index (Phi) is 3.22. The fourth-order valence-electron chi connectivity index (χ4n) is 3.18. The Balaban J connectivity index is 1.82. The Bertz CT molecular complexity index is 948. The summed E-state index contributed by atoms with van der Waals surface area (Å²) in [6.07, 6.45) is 1.71. The molecule has 3 aromatic rings. The van der Waals surface area contributed by atoms with Crippen molar-refractivity contribution in [2.24, 2.45) is 7.05 Å². The van der Waals surface area contributed by atoms with Crippen LogP contribution in [0.2, 0.25) is 0 Å². The first-order valence-electron chi connectivity index (χ1n) is 7.97. The Morgan fingerprint density at radius 3 is 2.71 bits per heavy atom. The molecule has 2 N–H and O–H groups in total. The highest BCUT2D eigenvalue weighted by Gasteiger charge is 2.33. The Labute approximate surface area is 144 Å². The lowest BCUT2D eigenvalue weighted by molar-refractivity contribution is 0.0940. The van der Waals surface area contributed by atoms with Gasteiger partial charge in [-0.05, 0) is 6.07 Å². The third kappa shape index (κ3) is 2.29. The third-order valence-electron chi connectivity index (χ3n) is 4.24. The second-order valence-corrected chi connectivity index (χ2v) is 8.26. The van der Waals surface area contributed by atoms with Gasteiger partial charge in [0.1, 0.15) is 11.0 Å². The molecule has 1 aliphatic heterocycles. The van der Waals surface area contributed by atoms with Gasteiger partial charge >= 0.3 is 0 Å². The van der Waals surface area contributed by atoms with E-state index in [0.717, 1.165) is 31.9 Å². The number of rotatable bonds is 1. The molecule has 1 aromatic carbocycles. The van der Waals surface area contributed by atoms with Crippen molar-refractivity contribution >= 4 is 33.0 Å². The van der Waals surface area contributed by atoms with Gasteiger partial charge in [-0.2, -0.15) is 5.10 Å². The van der Waals surface area contributed by atoms with E-state index in [2.05, 4.69) is 42.6 Å². The number of hydrogen-bond donors (Lipinski definition) is 2. The maximum atomic E-state index is 12.6. The number of nitrogens with zero attached hydrogens (tertiary/aromatic N) is 2. The van der Waals surface area contributed by atoms with Gasteiger partial charge in [0.05, 0.1) is 11.4 Å². The first-order chi connectivity index (χ1) is 11.3. The minimum Gasteiger partial charge on any atom is -0.360 e. The van der Waals surface area contributed by atoms with Crippen LogP contribution < -0.4 is 10.6 Å². The van der Waals surface area contributed by atoms with E-state index in [1.54, 1.807) is 0 Å². The molecule has 0 aliphatic carbocycles. The van der Waals surface area contributed by atoms with E-state index in [1.165, 1.54) is 11.3 Å². The lowest BCUT2D eigenvalue weighted by Crippen LogP contribution is -2.38. The molecule has 0 fully saturated rings. The number of fused-ring (bicyclic) bond motifs is 3. The molecule has 1 aliphatic rings. The Hall–Kier alpha value is -2.34. The van der Waals surface area contributed by atoms with Crippen molar-refractivity contribution in [2.75, 3.05) is 5.32 Å². The summed E-state index contributed by atoms with van der Waals surface area (Å²) in [5, 5.41) is 12.3. The highest BCUT2D eigenvalue weighted by Crippen LogP contribution is 2.40. The summed E-state index contributed by atoms with van der Waals surface area (Å²) in [7, 11) is 1.91. The van der Waals surface area contributed by atoms with Gasteiger partial charge in [0.2, 0.25) is 0 Å². The molecule has 0 bridgehead atoms. The molecule has 1 atom stereocenters. The minimum absolute atomic E-state index is 0.0290. The number of amides is 1. The third-order valence-corrected chi connectivity index (χ3v) is 5.41. The molecule has 1 unspecified atom stereocenters. The van der Waals surface area contributed by atoms with E-state index in [-0.39, 0.29) is 17.5 Å². The van der Waals surface area contributed by atoms with Gasteiger partial charge in [-0.3, -0.25) is 9.48 Å². The number of thiophene rings is 1. The van der Waals surface area contributed by atoms with Crippen molar-refractivity contribution in [1.29, 1.82) is 0 Å². The van der Waals surface area contributed by atoms with Crippen LogP contribution in [0.4, 0.5) is 5.69 Å². The predicted octanol–water partition coefficient (Wildman–Crippen LogP) is 3.79. The molecule has 2 aromatic heterocycles. The number of aryl methyl sites for hydroxylation is 1. The largest absolute Gasteiger partial charge is 0.360 e. The quantitative estimate of drug-likeness (QED) is 0.709. The summed E-state index contributed by atoms with van der Waals surface area (Å²) in [6.45, 7) is 6.40. The number of anilines is 1. The van der Waals surface area contributed by atoms with Crippen LogP contribution in [0.1, 0.15) is 47.9 Å². The fourth-order valence-corrected chi connectivity index (χ4v) is 4.25. The normalized spacial score (nSPS) is 17.5. The van der Waals surface area contributed by atoms with Crippen LogP contribution in [-0.4, -0.2) is 15.7 Å². The Morgan fingerprint density at radius 2 is 1.96 bits per heavy atom. The molecule has 5 nitrogen and oxygen atoms in total. The second kappa shape index (κ2) is 5.08. The van der Waals surface area contributed by atoms with Crippen molar-refractivity contribution in [3.8, 4) is 0 Å². The van der Waals surface area contributed by atoms with E-state index >= 15 is 0 Å². The molecule has 0 radical (unpaired) electrons. The highest BCUT2D eigenvalue weighted by atomic mass is 32.1. The standard InChI is InChI=1S/C18H20N4OS/c1-18(2,3)15-11(9-22(4)21-15)16-19-13-10-7-5-6-8-12(10)24-14(13)17(23)20-16/h5-9,16,19H,1-4H3,(H,20,23). The molecule has 6 heteroatoms. The maximum absolute atomic E-state index is 12.6. The van der Waals surface area contributed by atoms with Crippen LogP contribution in [-0.2, 0) is 12.5 Å². The molecular weight excluding hydrogens is 320 g/mol. The molecule has 24 heavy (non-hydrogen) atoms. The molecule has 0 saturated heterocycles. The van der Waals surface area contributed by atoms with Gasteiger partial charge in [-0.15, -0.1) is 11.3 Å². The van der Waals surface area contributed by atoms with Crippen molar-refractivity contribution in [2.45, 2.75) is 32.4 Å². The van der Waals surface area contributed by atoms with Crippen LogP contribution in [0.3, 0.4) is 0 Å². The van der Waals surface area contributed by atoms with Gasteiger partial charge in [0.25, 0.3) is 5.91 Å². The number of carbonyl (C=O) groups is 1. The summed E-state index contributed by atoms with van der Waals surface area (Å²) in [5.41, 5.74) is 2.83. The fraction of sp³-hybridized carbons (Fsp3) is 0.333. The highest BCUT2D eigenvalue weighted by molar-refractivity contribution is 7.21. The van der Waals surface area contributed by atoms with E-state index < -0.39 is 0 Å². The average molecular weight is 340 g/mol. The summed E-state index contributed by atoms with van der Waals surface area (Å²) in [5.74, 6) is -0.0290. The summed E-state index contributed by atoms with van der Waals surface area (Å²) in [6, 6.07) is 8.11. The van der Waals surface area contributed by atoms with Gasteiger partial charge in [-0.1, -0.05) is 39.0 Å². The van der Waals surface area contributed by atoms with Gasteiger partial charge in [0, 0.05) is 34.3 Å². The zero-order valence-corrected chi connectivity index (χ0v) is 15.0. The monoisotopic (exact) mass is 340 g/mol. The Morgan fingerprint density at radius 1 is 1.21 bits per heavy atom. The van der Waals surface area contributed by atoms with Crippen LogP contribution in [0.15, 0.2) is 30.5 Å². The summed E-state index contributed by atoms with van der Waals surface area (Å²) < 4.78 is 2.93. The lowest BCUT2D eigenvalue weighted by Gasteiger charge is -2.28. The summed E-state index contributed by atoms with van der Waals surface area (Å²) in [4.78, 5) is 13.4. The molecule has 124 valence electrons. The number of carbonyl (C=O) groups excluding carboxylic acids is 1. The van der Waals surface area contributed by atoms with Crippen molar-refractivity contribution < 1.29 is 4.79 Å². The SMILES string of the molecule is Cn1cc(C2NC(=O)c3sc4ccccc4c3N2)c(C(C)(C)C)n1. The topological polar surface area (TPSA) is 59.0 Å². The number of aromatic nitrogens is 2.